The summed E-state index contributed by atoms with van der Waals surface area (Å²) < 4.78 is 0. The van der Waals surface area contributed by atoms with E-state index in [9.17, 15) is 0 Å². The van der Waals surface area contributed by atoms with Gasteiger partial charge in [-0.15, -0.1) is 0 Å². The van der Waals surface area contributed by atoms with Crippen LogP contribution in [0.3, 0.4) is 0 Å². The van der Waals surface area contributed by atoms with Crippen LogP contribution in [-0.2, 0) is 0 Å². The van der Waals surface area contributed by atoms with E-state index >= 15 is 0 Å². The number of nitrogens with zero attached hydrogens (tertiary/aromatic N) is 1. The van der Waals surface area contributed by atoms with Crippen LogP contribution in [0.15, 0.2) is 0 Å². The zero-order chi connectivity index (χ0) is 10.9. The van der Waals surface area contributed by atoms with Gasteiger partial charge in [0.15, 0.2) is 0 Å². The Balaban J connectivity index is 2.07. The third-order valence-electron chi connectivity index (χ3n) is 3.63. The lowest BCUT2D eigenvalue weighted by Gasteiger charge is -2.21. The van der Waals surface area contributed by atoms with E-state index in [1.54, 1.807) is 0 Å². The Bertz CT molecular complexity index is 135. The van der Waals surface area contributed by atoms with Crippen molar-refractivity contribution in [2.45, 2.75) is 57.9 Å². The molecule has 1 unspecified atom stereocenters. The molecule has 1 atom stereocenters. The van der Waals surface area contributed by atoms with Crippen LogP contribution in [0.1, 0.15) is 51.9 Å². The van der Waals surface area contributed by atoms with Crippen LogP contribution in [-0.4, -0.2) is 37.6 Å². The lowest BCUT2D eigenvalue weighted by atomic mass is 10.1. The SMILES string of the molecule is CCC(CCCN1CCCCCC1)NC. The molecule has 0 amide bonds. The van der Waals surface area contributed by atoms with Crippen LogP contribution in [0.2, 0.25) is 0 Å². The Morgan fingerprint density at radius 1 is 1.13 bits per heavy atom. The summed E-state index contributed by atoms with van der Waals surface area (Å²) in [7, 11) is 2.08. The summed E-state index contributed by atoms with van der Waals surface area (Å²) in [5, 5.41) is 3.38. The first kappa shape index (κ1) is 13.0. The minimum atomic E-state index is 0.733. The lowest BCUT2D eigenvalue weighted by molar-refractivity contribution is 0.273. The average Bonchev–Trinajstić information content (AvgIpc) is 2.53. The van der Waals surface area contributed by atoms with Gasteiger partial charge >= 0.3 is 0 Å². The smallest absolute Gasteiger partial charge is 0.00619 e. The van der Waals surface area contributed by atoms with Crippen molar-refractivity contribution in [1.82, 2.24) is 10.2 Å². The van der Waals surface area contributed by atoms with Gasteiger partial charge in [-0.1, -0.05) is 19.8 Å². The molecule has 0 aromatic heterocycles. The monoisotopic (exact) mass is 212 g/mol. The predicted octanol–water partition coefficient (Wildman–Crippen LogP) is 2.64. The topological polar surface area (TPSA) is 15.3 Å². The maximum Gasteiger partial charge on any atom is 0.00619 e. The van der Waals surface area contributed by atoms with E-state index < -0.39 is 0 Å². The highest BCUT2D eigenvalue weighted by Crippen LogP contribution is 2.11. The van der Waals surface area contributed by atoms with E-state index in [0.29, 0.717) is 0 Å². The highest BCUT2D eigenvalue weighted by molar-refractivity contribution is 4.66. The normalized spacial score (nSPS) is 21.2. The summed E-state index contributed by atoms with van der Waals surface area (Å²) in [5.74, 6) is 0. The minimum absolute atomic E-state index is 0.733. The van der Waals surface area contributed by atoms with Crippen LogP contribution < -0.4 is 5.32 Å². The van der Waals surface area contributed by atoms with E-state index in [-0.39, 0.29) is 0 Å². The Morgan fingerprint density at radius 2 is 1.80 bits per heavy atom. The largest absolute Gasteiger partial charge is 0.317 e. The first-order chi connectivity index (χ1) is 7.36. The van der Waals surface area contributed by atoms with Gasteiger partial charge in [0.2, 0.25) is 0 Å². The van der Waals surface area contributed by atoms with E-state index in [0.717, 1.165) is 6.04 Å². The molecule has 0 saturated carbocycles. The minimum Gasteiger partial charge on any atom is -0.317 e. The summed E-state index contributed by atoms with van der Waals surface area (Å²) in [4.78, 5) is 2.66. The summed E-state index contributed by atoms with van der Waals surface area (Å²) in [5.41, 5.74) is 0. The molecule has 1 heterocycles. The standard InChI is InChI=1S/C13H28N2/c1-3-13(14-2)9-8-12-15-10-6-4-5-7-11-15/h13-14H,3-12H2,1-2H3. The first-order valence-corrected chi connectivity index (χ1v) is 6.76. The van der Waals surface area contributed by atoms with Gasteiger partial charge in [-0.2, -0.15) is 0 Å². The highest BCUT2D eigenvalue weighted by Gasteiger charge is 2.09. The number of hydrogen-bond donors (Lipinski definition) is 1. The van der Waals surface area contributed by atoms with Crippen molar-refractivity contribution in [3.63, 3.8) is 0 Å². The van der Waals surface area contributed by atoms with Gasteiger partial charge in [0, 0.05) is 6.04 Å². The molecule has 0 aromatic rings. The molecule has 0 aliphatic carbocycles. The number of rotatable bonds is 6. The second kappa shape index (κ2) is 8.12. The van der Waals surface area contributed by atoms with Gasteiger partial charge in [0.1, 0.15) is 0 Å². The summed E-state index contributed by atoms with van der Waals surface area (Å²) >= 11 is 0. The second-order valence-corrected chi connectivity index (χ2v) is 4.79. The van der Waals surface area contributed by atoms with E-state index in [1.807, 2.05) is 0 Å². The van der Waals surface area contributed by atoms with Gasteiger partial charge in [-0.3, -0.25) is 0 Å². The van der Waals surface area contributed by atoms with Crippen LogP contribution in [0, 0.1) is 0 Å². The van der Waals surface area contributed by atoms with Gasteiger partial charge in [0.25, 0.3) is 0 Å². The van der Waals surface area contributed by atoms with E-state index in [2.05, 4.69) is 24.2 Å². The summed E-state index contributed by atoms with van der Waals surface area (Å²) in [6.07, 6.45) is 9.70. The van der Waals surface area contributed by atoms with Gasteiger partial charge in [-0.25, -0.2) is 0 Å². The molecule has 0 aromatic carbocycles. The maximum absolute atomic E-state index is 3.38. The zero-order valence-electron chi connectivity index (χ0n) is 10.6. The Labute approximate surface area is 95.4 Å². The molecule has 1 aliphatic rings. The summed E-state index contributed by atoms with van der Waals surface area (Å²) in [6, 6.07) is 0.733. The van der Waals surface area contributed by atoms with Gasteiger partial charge in [-0.05, 0) is 58.8 Å². The van der Waals surface area contributed by atoms with Crippen molar-refractivity contribution in [2.75, 3.05) is 26.7 Å². The average molecular weight is 212 g/mol. The molecule has 1 rings (SSSR count). The molecule has 0 bridgehead atoms. The van der Waals surface area contributed by atoms with E-state index in [1.165, 1.54) is 64.6 Å². The summed E-state index contributed by atoms with van der Waals surface area (Å²) in [6.45, 7) is 6.28. The number of nitrogens with one attached hydrogen (secondary N) is 1. The fourth-order valence-corrected chi connectivity index (χ4v) is 2.47. The van der Waals surface area contributed by atoms with Gasteiger partial charge in [0.05, 0.1) is 0 Å². The Hall–Kier alpha value is -0.0800. The predicted molar refractivity (Wildman–Crippen MR) is 67.3 cm³/mol. The van der Waals surface area contributed by atoms with Crippen molar-refractivity contribution in [1.29, 1.82) is 0 Å². The highest BCUT2D eigenvalue weighted by atomic mass is 15.1. The molecule has 1 fully saturated rings. The third kappa shape index (κ3) is 5.53. The fourth-order valence-electron chi connectivity index (χ4n) is 2.47. The molecule has 0 spiro atoms. The molecule has 0 radical (unpaired) electrons. The lowest BCUT2D eigenvalue weighted by Crippen LogP contribution is -2.29. The van der Waals surface area contributed by atoms with Crippen molar-refractivity contribution >= 4 is 0 Å². The molecule has 2 heteroatoms. The number of hydrogen-bond acceptors (Lipinski definition) is 2. The Kier molecular flexibility index (Phi) is 7.03. The van der Waals surface area contributed by atoms with Crippen LogP contribution in [0.5, 0.6) is 0 Å². The zero-order valence-corrected chi connectivity index (χ0v) is 10.6. The van der Waals surface area contributed by atoms with Crippen molar-refractivity contribution < 1.29 is 0 Å². The van der Waals surface area contributed by atoms with E-state index in [4.69, 9.17) is 0 Å². The molecule has 15 heavy (non-hydrogen) atoms. The van der Waals surface area contributed by atoms with Crippen molar-refractivity contribution in [3.8, 4) is 0 Å². The van der Waals surface area contributed by atoms with Crippen molar-refractivity contribution in [3.05, 3.63) is 0 Å². The molecule has 1 aliphatic heterocycles. The van der Waals surface area contributed by atoms with Crippen LogP contribution >= 0.6 is 0 Å². The maximum atomic E-state index is 3.38. The molecule has 90 valence electrons. The van der Waals surface area contributed by atoms with Crippen LogP contribution in [0.4, 0.5) is 0 Å². The third-order valence-corrected chi connectivity index (χ3v) is 3.63. The molecular weight excluding hydrogens is 184 g/mol. The second-order valence-electron chi connectivity index (χ2n) is 4.79. The molecule has 1 saturated heterocycles. The number of likely N-dealkylation sites (tertiary alicyclic amines) is 1. The fraction of sp³-hybridized carbons (Fsp3) is 1.00. The first-order valence-electron chi connectivity index (χ1n) is 6.76. The Morgan fingerprint density at radius 3 is 2.33 bits per heavy atom. The van der Waals surface area contributed by atoms with Crippen LogP contribution in [0.25, 0.3) is 0 Å². The van der Waals surface area contributed by atoms with Crippen molar-refractivity contribution in [2.24, 2.45) is 0 Å². The molecular formula is C13H28N2. The van der Waals surface area contributed by atoms with Gasteiger partial charge < -0.3 is 10.2 Å². The molecule has 2 nitrogen and oxygen atoms in total. The molecule has 1 N–H and O–H groups in total. The quantitative estimate of drug-likeness (QED) is 0.728.